The Morgan fingerprint density at radius 3 is 1.93 bits per heavy atom. The highest BCUT2D eigenvalue weighted by atomic mass is 32.4. The van der Waals surface area contributed by atoms with Crippen LogP contribution in [0.5, 0.6) is 0 Å². The lowest BCUT2D eigenvalue weighted by Crippen LogP contribution is -2.44. The molecule has 0 bridgehead atoms. The van der Waals surface area contributed by atoms with Crippen molar-refractivity contribution in [2.75, 3.05) is 13.7 Å². The molecule has 5 nitrogen and oxygen atoms in total. The van der Waals surface area contributed by atoms with E-state index in [1.54, 1.807) is 0 Å². The molecule has 3 rings (SSSR count). The van der Waals surface area contributed by atoms with Gasteiger partial charge in [0.15, 0.2) is 0 Å². The normalized spacial score (nSPS) is 19.4. The molecular formula is C23H28NO4PS. The third kappa shape index (κ3) is 4.60. The number of nitrogens with zero attached hydrogens (tertiary/aromatic N) is 1. The number of methoxy groups -OCH3 is 1. The zero-order valence-corrected chi connectivity index (χ0v) is 19.5. The van der Waals surface area contributed by atoms with Crippen LogP contribution in [0.4, 0.5) is 4.79 Å². The minimum absolute atomic E-state index is 0.0612. The summed E-state index contributed by atoms with van der Waals surface area (Å²) in [5.41, 5.74) is -0.719. The monoisotopic (exact) mass is 445 g/mol. The van der Waals surface area contributed by atoms with E-state index in [2.05, 4.69) is 24.3 Å². The van der Waals surface area contributed by atoms with Crippen LogP contribution in [-0.2, 0) is 26.1 Å². The van der Waals surface area contributed by atoms with Crippen LogP contribution in [0.15, 0.2) is 60.7 Å². The SMILES string of the molecule is COC(=O)[C@@H]1CC(P(=S)(c2ccccc2)c2ccccc2)CN1C(=O)OC(C)(C)C. The van der Waals surface area contributed by atoms with Crippen molar-refractivity contribution in [3.8, 4) is 0 Å². The number of amides is 1. The van der Waals surface area contributed by atoms with Gasteiger partial charge in [-0.3, -0.25) is 4.90 Å². The largest absolute Gasteiger partial charge is 0.467 e. The highest BCUT2D eigenvalue weighted by Gasteiger charge is 2.47. The highest BCUT2D eigenvalue weighted by Crippen LogP contribution is 2.53. The second-order valence-corrected chi connectivity index (χ2v) is 13.2. The van der Waals surface area contributed by atoms with Crippen LogP contribution in [0, 0.1) is 0 Å². The predicted molar refractivity (Wildman–Crippen MR) is 124 cm³/mol. The first kappa shape index (κ1) is 22.5. The molecule has 160 valence electrons. The Kier molecular flexibility index (Phi) is 6.68. The number of esters is 1. The second kappa shape index (κ2) is 8.91. The van der Waals surface area contributed by atoms with E-state index < -0.39 is 29.7 Å². The molecule has 2 aromatic carbocycles. The molecule has 0 aromatic heterocycles. The van der Waals surface area contributed by atoms with Crippen molar-refractivity contribution in [2.24, 2.45) is 0 Å². The third-order valence-electron chi connectivity index (χ3n) is 5.17. The van der Waals surface area contributed by atoms with Crippen molar-refractivity contribution in [1.29, 1.82) is 0 Å². The van der Waals surface area contributed by atoms with Gasteiger partial charge in [-0.25, -0.2) is 9.59 Å². The number of hydrogen-bond acceptors (Lipinski definition) is 5. The first-order valence-corrected chi connectivity index (χ1v) is 12.8. The molecule has 7 heteroatoms. The van der Waals surface area contributed by atoms with E-state index in [0.29, 0.717) is 13.0 Å². The van der Waals surface area contributed by atoms with Gasteiger partial charge in [0.1, 0.15) is 11.6 Å². The maximum absolute atomic E-state index is 12.9. The topological polar surface area (TPSA) is 55.8 Å². The maximum atomic E-state index is 12.9. The summed E-state index contributed by atoms with van der Waals surface area (Å²) in [6.07, 6.45) is -0.0597. The van der Waals surface area contributed by atoms with E-state index in [4.69, 9.17) is 21.3 Å². The quantitative estimate of drug-likeness (QED) is 0.531. The first-order chi connectivity index (χ1) is 14.2. The van der Waals surface area contributed by atoms with Crippen LogP contribution >= 0.6 is 6.04 Å². The van der Waals surface area contributed by atoms with Gasteiger partial charge in [0.05, 0.1) is 7.11 Å². The number of hydrogen-bond donors (Lipinski definition) is 0. The summed E-state index contributed by atoms with van der Waals surface area (Å²) in [5, 5.41) is 2.15. The Morgan fingerprint density at radius 1 is 1.00 bits per heavy atom. The van der Waals surface area contributed by atoms with Crippen molar-refractivity contribution in [1.82, 2.24) is 4.90 Å². The summed E-state index contributed by atoms with van der Waals surface area (Å²) in [5.74, 6) is -0.439. The van der Waals surface area contributed by atoms with Crippen LogP contribution in [0.1, 0.15) is 27.2 Å². The van der Waals surface area contributed by atoms with Crippen LogP contribution in [0.2, 0.25) is 0 Å². The van der Waals surface area contributed by atoms with Gasteiger partial charge in [-0.15, -0.1) is 0 Å². The highest BCUT2D eigenvalue weighted by molar-refractivity contribution is 8.22. The van der Waals surface area contributed by atoms with Gasteiger partial charge in [0.2, 0.25) is 0 Å². The summed E-state index contributed by atoms with van der Waals surface area (Å²) >= 11 is 6.40. The van der Waals surface area contributed by atoms with Gasteiger partial charge in [-0.05, 0) is 37.8 Å². The molecular weight excluding hydrogens is 417 g/mol. The van der Waals surface area contributed by atoms with Crippen molar-refractivity contribution in [2.45, 2.75) is 44.5 Å². The second-order valence-electron chi connectivity index (χ2n) is 8.39. The van der Waals surface area contributed by atoms with Gasteiger partial charge >= 0.3 is 12.1 Å². The van der Waals surface area contributed by atoms with Crippen LogP contribution in [0.25, 0.3) is 0 Å². The molecule has 2 aromatic rings. The molecule has 1 unspecified atom stereocenters. The zero-order valence-electron chi connectivity index (χ0n) is 17.8. The molecule has 30 heavy (non-hydrogen) atoms. The Hall–Kier alpha value is -2.17. The molecule has 1 aliphatic rings. The fourth-order valence-corrected chi connectivity index (χ4v) is 8.29. The van der Waals surface area contributed by atoms with Crippen LogP contribution < -0.4 is 10.6 Å². The Bertz CT molecular complexity index is 899. The average Bonchev–Trinajstić information content (AvgIpc) is 3.19. The summed E-state index contributed by atoms with van der Waals surface area (Å²) in [4.78, 5) is 27.0. The Labute approximate surface area is 183 Å². The Morgan fingerprint density at radius 2 is 1.50 bits per heavy atom. The number of carbonyl (C=O) groups is 2. The van der Waals surface area contributed by atoms with E-state index in [-0.39, 0.29) is 5.66 Å². The summed E-state index contributed by atoms with van der Waals surface area (Å²) in [6, 6.07) is 17.1. The van der Waals surface area contributed by atoms with Gasteiger partial charge in [-0.2, -0.15) is 0 Å². The van der Waals surface area contributed by atoms with Gasteiger partial charge in [0, 0.05) is 18.2 Å². The molecule has 0 spiro atoms. The minimum Gasteiger partial charge on any atom is -0.467 e. The van der Waals surface area contributed by atoms with Gasteiger partial charge in [-0.1, -0.05) is 72.5 Å². The molecule has 1 saturated heterocycles. The molecule has 0 N–H and O–H groups in total. The smallest absolute Gasteiger partial charge is 0.411 e. The molecule has 1 aliphatic heterocycles. The fraction of sp³-hybridized carbons (Fsp3) is 0.391. The molecule has 1 amide bonds. The van der Waals surface area contributed by atoms with Crippen molar-refractivity contribution < 1.29 is 19.1 Å². The number of carbonyl (C=O) groups excluding carboxylic acids is 2. The average molecular weight is 446 g/mol. The lowest BCUT2D eigenvalue weighted by molar-refractivity contribution is -0.145. The lowest BCUT2D eigenvalue weighted by Gasteiger charge is -2.30. The summed E-state index contributed by atoms with van der Waals surface area (Å²) < 4.78 is 10.6. The summed E-state index contributed by atoms with van der Waals surface area (Å²) in [6.45, 7) is 5.79. The van der Waals surface area contributed by atoms with Crippen molar-refractivity contribution >= 4 is 40.5 Å². The minimum atomic E-state index is -2.31. The molecule has 1 heterocycles. The molecule has 2 atom stereocenters. The van der Waals surface area contributed by atoms with Crippen molar-refractivity contribution in [3.63, 3.8) is 0 Å². The van der Waals surface area contributed by atoms with Crippen molar-refractivity contribution in [3.05, 3.63) is 60.7 Å². The molecule has 1 fully saturated rings. The van der Waals surface area contributed by atoms with E-state index in [9.17, 15) is 9.59 Å². The number of benzene rings is 2. The van der Waals surface area contributed by atoms with Crippen LogP contribution in [-0.4, -0.2) is 47.9 Å². The zero-order chi connectivity index (χ0) is 21.9. The molecule has 0 saturated carbocycles. The number of likely N-dealkylation sites (tertiary alicyclic amines) is 1. The predicted octanol–water partition coefficient (Wildman–Crippen LogP) is 3.67. The number of rotatable bonds is 4. The standard InChI is InChI=1S/C23H28NO4PS/c1-23(2,3)28-22(26)24-16-19(15-20(24)21(25)27-4)29(30,17-11-7-5-8-12-17)18-13-9-6-10-14-18/h5-14,19-20H,15-16H2,1-4H3/t19?,20-/m0/s1. The van der Waals surface area contributed by atoms with E-state index in [1.165, 1.54) is 12.0 Å². The molecule has 0 aliphatic carbocycles. The van der Waals surface area contributed by atoms with E-state index in [1.807, 2.05) is 57.2 Å². The lowest BCUT2D eigenvalue weighted by atomic mass is 10.2. The maximum Gasteiger partial charge on any atom is 0.411 e. The van der Waals surface area contributed by atoms with Gasteiger partial charge < -0.3 is 9.47 Å². The third-order valence-corrected chi connectivity index (χ3v) is 10.9. The number of ether oxygens (including phenoxy) is 2. The van der Waals surface area contributed by atoms with Gasteiger partial charge in [0.25, 0.3) is 0 Å². The van der Waals surface area contributed by atoms with Crippen LogP contribution in [0.3, 0.4) is 0 Å². The fourth-order valence-electron chi connectivity index (χ4n) is 3.83. The Balaban J connectivity index is 2.04. The first-order valence-electron chi connectivity index (χ1n) is 9.95. The van der Waals surface area contributed by atoms with E-state index in [0.717, 1.165) is 10.6 Å². The molecule has 0 radical (unpaired) electrons. The summed E-state index contributed by atoms with van der Waals surface area (Å²) in [7, 11) is 1.34. The van der Waals surface area contributed by atoms with E-state index >= 15 is 0 Å².